The van der Waals surface area contributed by atoms with Crippen LogP contribution in [-0.2, 0) is 11.3 Å². The number of nitro benzene ring substituents is 1. The highest BCUT2D eigenvalue weighted by Gasteiger charge is 2.14. The summed E-state index contributed by atoms with van der Waals surface area (Å²) in [6.45, 7) is 2.41. The fourth-order valence-corrected chi connectivity index (χ4v) is 2.57. The van der Waals surface area contributed by atoms with Crippen molar-refractivity contribution in [3.63, 3.8) is 0 Å². The van der Waals surface area contributed by atoms with Gasteiger partial charge >= 0.3 is 0 Å². The van der Waals surface area contributed by atoms with Crippen molar-refractivity contribution in [2.45, 2.75) is 32.2 Å². The highest BCUT2D eigenvalue weighted by atomic mass is 16.6. The Morgan fingerprint density at radius 3 is 3.05 bits per heavy atom. The lowest BCUT2D eigenvalue weighted by atomic mass is 9.94. The summed E-state index contributed by atoms with van der Waals surface area (Å²) in [7, 11) is 0. The first-order valence-electron chi connectivity index (χ1n) is 7.36. The van der Waals surface area contributed by atoms with E-state index in [-0.39, 0.29) is 11.6 Å². The molecule has 0 saturated carbocycles. The lowest BCUT2D eigenvalue weighted by Gasteiger charge is -2.22. The Bertz CT molecular complexity index is 499. The third-order valence-electron chi connectivity index (χ3n) is 3.79. The topological polar surface area (TPSA) is 84.3 Å². The molecule has 0 aromatic heterocycles. The number of hydrogen-bond acceptors (Lipinski definition) is 4. The molecule has 1 heterocycles. The number of amides is 1. The Balaban J connectivity index is 1.73. The summed E-state index contributed by atoms with van der Waals surface area (Å²) in [6, 6.07) is 6.35. The summed E-state index contributed by atoms with van der Waals surface area (Å²) in [4.78, 5) is 22.1. The summed E-state index contributed by atoms with van der Waals surface area (Å²) in [5.41, 5.74) is 0.798. The van der Waals surface area contributed by atoms with E-state index in [1.54, 1.807) is 12.1 Å². The van der Waals surface area contributed by atoms with Crippen molar-refractivity contribution in [1.29, 1.82) is 0 Å². The number of carbonyl (C=O) groups is 1. The van der Waals surface area contributed by atoms with E-state index in [9.17, 15) is 14.9 Å². The Labute approximate surface area is 124 Å². The van der Waals surface area contributed by atoms with Crippen LogP contribution in [0.3, 0.4) is 0 Å². The molecule has 1 aromatic carbocycles. The van der Waals surface area contributed by atoms with Gasteiger partial charge in [-0.25, -0.2) is 0 Å². The average Bonchev–Trinajstić information content (AvgIpc) is 2.52. The predicted molar refractivity (Wildman–Crippen MR) is 79.8 cm³/mol. The first kappa shape index (κ1) is 15.4. The van der Waals surface area contributed by atoms with Gasteiger partial charge in [-0.15, -0.1) is 0 Å². The minimum Gasteiger partial charge on any atom is -0.352 e. The number of nitro groups is 1. The van der Waals surface area contributed by atoms with E-state index in [0.29, 0.717) is 18.9 Å². The molecule has 6 heteroatoms. The minimum absolute atomic E-state index is 0.00656. The second-order valence-corrected chi connectivity index (χ2v) is 5.45. The highest BCUT2D eigenvalue weighted by molar-refractivity contribution is 5.75. The van der Waals surface area contributed by atoms with Crippen LogP contribution in [0.1, 0.15) is 31.2 Å². The van der Waals surface area contributed by atoms with Gasteiger partial charge < -0.3 is 10.6 Å². The zero-order valence-corrected chi connectivity index (χ0v) is 12.0. The quantitative estimate of drug-likeness (QED) is 0.620. The van der Waals surface area contributed by atoms with Crippen molar-refractivity contribution >= 4 is 11.6 Å². The van der Waals surface area contributed by atoms with Gasteiger partial charge in [-0.05, 0) is 43.8 Å². The van der Waals surface area contributed by atoms with E-state index in [4.69, 9.17) is 0 Å². The molecule has 6 nitrogen and oxygen atoms in total. The van der Waals surface area contributed by atoms with Crippen LogP contribution in [0, 0.1) is 16.0 Å². The number of nitrogens with one attached hydrogen (secondary N) is 2. The first-order valence-corrected chi connectivity index (χ1v) is 7.36. The zero-order valence-electron chi connectivity index (χ0n) is 12.0. The predicted octanol–water partition coefficient (Wildman–Crippen LogP) is 1.99. The zero-order chi connectivity index (χ0) is 15.1. The number of rotatable bonds is 6. The molecular weight excluding hydrogens is 270 g/mol. The maximum absolute atomic E-state index is 11.8. The van der Waals surface area contributed by atoms with Crippen molar-refractivity contribution in [3.8, 4) is 0 Å². The van der Waals surface area contributed by atoms with Gasteiger partial charge in [0, 0.05) is 25.1 Å². The number of hydrogen-bond donors (Lipinski definition) is 2. The average molecular weight is 291 g/mol. The molecule has 1 unspecified atom stereocenters. The fraction of sp³-hybridized carbons (Fsp3) is 0.533. The molecule has 1 aliphatic heterocycles. The van der Waals surface area contributed by atoms with E-state index >= 15 is 0 Å². The van der Waals surface area contributed by atoms with Crippen LogP contribution >= 0.6 is 0 Å². The van der Waals surface area contributed by atoms with Crippen molar-refractivity contribution in [2.75, 3.05) is 13.1 Å². The van der Waals surface area contributed by atoms with E-state index in [1.807, 2.05) is 0 Å². The number of non-ortho nitro benzene ring substituents is 1. The molecule has 1 atom stereocenters. The number of benzene rings is 1. The SMILES string of the molecule is O=C(CCC1CCCNC1)NCc1cccc([N+](=O)[O-])c1. The van der Waals surface area contributed by atoms with Gasteiger partial charge in [0.15, 0.2) is 0 Å². The van der Waals surface area contributed by atoms with E-state index in [2.05, 4.69) is 10.6 Å². The van der Waals surface area contributed by atoms with Gasteiger partial charge in [-0.3, -0.25) is 14.9 Å². The van der Waals surface area contributed by atoms with Crippen LogP contribution in [0.4, 0.5) is 5.69 Å². The second kappa shape index (κ2) is 7.73. The van der Waals surface area contributed by atoms with Crippen LogP contribution in [-0.4, -0.2) is 23.9 Å². The van der Waals surface area contributed by atoms with Crippen LogP contribution in [0.2, 0.25) is 0 Å². The molecular formula is C15H21N3O3. The summed E-state index contributed by atoms with van der Waals surface area (Å²) in [5.74, 6) is 0.592. The molecule has 0 spiro atoms. The summed E-state index contributed by atoms with van der Waals surface area (Å²) in [5, 5.41) is 16.8. The van der Waals surface area contributed by atoms with Gasteiger partial charge in [0.2, 0.25) is 5.91 Å². The largest absolute Gasteiger partial charge is 0.352 e. The van der Waals surface area contributed by atoms with Crippen LogP contribution in [0.15, 0.2) is 24.3 Å². The Kier molecular flexibility index (Phi) is 5.68. The smallest absolute Gasteiger partial charge is 0.269 e. The molecule has 0 aliphatic carbocycles. The lowest BCUT2D eigenvalue weighted by molar-refractivity contribution is -0.384. The van der Waals surface area contributed by atoms with Gasteiger partial charge in [0.1, 0.15) is 0 Å². The molecule has 1 aromatic rings. The summed E-state index contributed by atoms with van der Waals surface area (Å²) in [6.07, 6.45) is 3.78. The molecule has 1 aliphatic rings. The second-order valence-electron chi connectivity index (χ2n) is 5.45. The standard InChI is InChI=1S/C15H21N3O3/c19-15(7-6-12-4-2-8-16-10-12)17-11-13-3-1-5-14(9-13)18(20)21/h1,3,5,9,12,16H,2,4,6-8,10-11H2,(H,17,19). The molecule has 21 heavy (non-hydrogen) atoms. The highest BCUT2D eigenvalue weighted by Crippen LogP contribution is 2.16. The molecule has 0 bridgehead atoms. The van der Waals surface area contributed by atoms with Crippen molar-refractivity contribution in [1.82, 2.24) is 10.6 Å². The van der Waals surface area contributed by atoms with Crippen molar-refractivity contribution < 1.29 is 9.72 Å². The normalized spacial score (nSPS) is 18.2. The number of carbonyl (C=O) groups excluding carboxylic acids is 1. The lowest BCUT2D eigenvalue weighted by Crippen LogP contribution is -2.31. The number of nitrogens with zero attached hydrogens (tertiary/aromatic N) is 1. The number of piperidine rings is 1. The third-order valence-corrected chi connectivity index (χ3v) is 3.79. The molecule has 1 fully saturated rings. The van der Waals surface area contributed by atoms with Crippen LogP contribution in [0.5, 0.6) is 0 Å². The Morgan fingerprint density at radius 1 is 1.48 bits per heavy atom. The van der Waals surface area contributed by atoms with Crippen LogP contribution < -0.4 is 10.6 Å². The van der Waals surface area contributed by atoms with Crippen molar-refractivity contribution in [2.24, 2.45) is 5.92 Å². The molecule has 1 saturated heterocycles. The summed E-state index contributed by atoms with van der Waals surface area (Å²) >= 11 is 0. The maximum atomic E-state index is 11.8. The Morgan fingerprint density at radius 2 is 2.33 bits per heavy atom. The van der Waals surface area contributed by atoms with E-state index in [1.165, 1.54) is 25.0 Å². The van der Waals surface area contributed by atoms with Crippen molar-refractivity contribution in [3.05, 3.63) is 39.9 Å². The van der Waals surface area contributed by atoms with E-state index in [0.717, 1.165) is 25.1 Å². The molecule has 1 amide bonds. The molecule has 0 radical (unpaired) electrons. The summed E-state index contributed by atoms with van der Waals surface area (Å²) < 4.78 is 0. The van der Waals surface area contributed by atoms with E-state index < -0.39 is 4.92 Å². The molecule has 114 valence electrons. The fourth-order valence-electron chi connectivity index (χ4n) is 2.57. The third kappa shape index (κ3) is 5.15. The molecule has 2 N–H and O–H groups in total. The van der Waals surface area contributed by atoms with Gasteiger partial charge in [0.25, 0.3) is 5.69 Å². The monoisotopic (exact) mass is 291 g/mol. The Hall–Kier alpha value is -1.95. The first-order chi connectivity index (χ1) is 10.1. The maximum Gasteiger partial charge on any atom is 0.269 e. The molecule has 2 rings (SSSR count). The minimum atomic E-state index is -0.429. The van der Waals surface area contributed by atoms with Gasteiger partial charge in [0.05, 0.1) is 4.92 Å². The van der Waals surface area contributed by atoms with Crippen LogP contribution in [0.25, 0.3) is 0 Å². The van der Waals surface area contributed by atoms with Gasteiger partial charge in [-0.2, -0.15) is 0 Å². The van der Waals surface area contributed by atoms with Gasteiger partial charge in [-0.1, -0.05) is 12.1 Å².